The van der Waals surface area contributed by atoms with E-state index in [0.717, 1.165) is 33.8 Å². The average Bonchev–Trinajstić information content (AvgIpc) is 3.40. The lowest BCUT2D eigenvalue weighted by molar-refractivity contribution is 0.102. The minimum absolute atomic E-state index is 0.0687. The molecule has 0 N–H and O–H groups in total. The molecule has 0 spiro atoms. The van der Waals surface area contributed by atoms with Crippen LogP contribution in [0.15, 0.2) is 59.9 Å². The van der Waals surface area contributed by atoms with Gasteiger partial charge < -0.3 is 18.6 Å². The van der Waals surface area contributed by atoms with Crippen molar-refractivity contribution in [3.8, 4) is 11.5 Å². The number of benzene rings is 2. The van der Waals surface area contributed by atoms with Crippen molar-refractivity contribution >= 4 is 28.4 Å². The van der Waals surface area contributed by atoms with Crippen molar-refractivity contribution in [2.24, 2.45) is 7.05 Å². The van der Waals surface area contributed by atoms with Crippen LogP contribution >= 0.6 is 11.8 Å². The number of aromatic nitrogens is 4. The van der Waals surface area contributed by atoms with E-state index < -0.39 is 0 Å². The molecule has 2 heterocycles. The summed E-state index contributed by atoms with van der Waals surface area (Å²) >= 11 is 1.40. The summed E-state index contributed by atoms with van der Waals surface area (Å²) in [7, 11) is 3.59. The van der Waals surface area contributed by atoms with Crippen LogP contribution in [0, 0.1) is 0 Å². The number of para-hydroxylation sites is 1. The zero-order chi connectivity index (χ0) is 23.5. The predicted molar refractivity (Wildman–Crippen MR) is 130 cm³/mol. The van der Waals surface area contributed by atoms with Gasteiger partial charge in [-0.15, -0.1) is 10.2 Å². The number of ketones is 1. The number of Topliss-reactive ketones (excluding diaryl/α,β-unsaturated/α-hetero) is 1. The van der Waals surface area contributed by atoms with E-state index in [1.165, 1.54) is 11.8 Å². The maximum absolute atomic E-state index is 13.0. The summed E-state index contributed by atoms with van der Waals surface area (Å²) in [6.45, 7) is 6.09. The number of thioether (sulfide) groups is 1. The Morgan fingerprint density at radius 2 is 1.73 bits per heavy atom. The molecular weight excluding hydrogens is 436 g/mol. The number of hydrogen-bond acceptors (Lipinski definition) is 6. The number of rotatable bonds is 9. The van der Waals surface area contributed by atoms with Crippen LogP contribution in [0.25, 0.3) is 10.9 Å². The zero-order valence-corrected chi connectivity index (χ0v) is 20.3. The molecule has 4 aromatic rings. The fourth-order valence-corrected chi connectivity index (χ4v) is 4.79. The maximum Gasteiger partial charge on any atom is 0.192 e. The van der Waals surface area contributed by atoms with E-state index in [1.54, 1.807) is 7.11 Å². The number of aryl methyl sites for hydroxylation is 1. The van der Waals surface area contributed by atoms with E-state index in [-0.39, 0.29) is 23.7 Å². The Morgan fingerprint density at radius 1 is 1.03 bits per heavy atom. The SMILES string of the molecule is COc1ccc(OC(C)c2nnc(SCC(=O)c3cn(C)c4ccccc34)n2C(C)C)cc1. The van der Waals surface area contributed by atoms with Crippen LogP contribution in [0.4, 0.5) is 0 Å². The third-order valence-corrected chi connectivity index (χ3v) is 6.42. The maximum atomic E-state index is 13.0. The number of ether oxygens (including phenoxy) is 2. The molecule has 33 heavy (non-hydrogen) atoms. The number of carbonyl (C=O) groups excluding carboxylic acids is 1. The quantitative estimate of drug-likeness (QED) is 0.241. The smallest absolute Gasteiger partial charge is 0.192 e. The highest BCUT2D eigenvalue weighted by Gasteiger charge is 2.23. The van der Waals surface area contributed by atoms with Crippen molar-refractivity contribution < 1.29 is 14.3 Å². The van der Waals surface area contributed by atoms with E-state index in [2.05, 4.69) is 24.0 Å². The van der Waals surface area contributed by atoms with Crippen LogP contribution in [-0.2, 0) is 7.05 Å². The molecule has 0 fully saturated rings. The summed E-state index contributed by atoms with van der Waals surface area (Å²) < 4.78 is 15.3. The highest BCUT2D eigenvalue weighted by Crippen LogP contribution is 2.29. The Labute approximate surface area is 197 Å². The molecule has 0 radical (unpaired) electrons. The van der Waals surface area contributed by atoms with E-state index in [9.17, 15) is 4.79 Å². The Hall–Kier alpha value is -3.26. The van der Waals surface area contributed by atoms with Gasteiger partial charge in [0.1, 0.15) is 11.5 Å². The van der Waals surface area contributed by atoms with Crippen molar-refractivity contribution in [2.75, 3.05) is 12.9 Å². The lowest BCUT2D eigenvalue weighted by Crippen LogP contribution is -2.14. The molecule has 2 aromatic heterocycles. The Bertz CT molecular complexity index is 1260. The van der Waals surface area contributed by atoms with Gasteiger partial charge in [-0.25, -0.2) is 0 Å². The van der Waals surface area contributed by atoms with Gasteiger partial charge in [-0.1, -0.05) is 30.0 Å². The molecule has 1 atom stereocenters. The third-order valence-electron chi connectivity index (χ3n) is 5.47. The van der Waals surface area contributed by atoms with Crippen LogP contribution in [-0.4, -0.2) is 38.0 Å². The van der Waals surface area contributed by atoms with Crippen molar-refractivity contribution in [2.45, 2.75) is 38.1 Å². The molecule has 0 aliphatic heterocycles. The van der Waals surface area contributed by atoms with Crippen LogP contribution in [0.3, 0.4) is 0 Å². The minimum Gasteiger partial charge on any atom is -0.497 e. The van der Waals surface area contributed by atoms with Crippen LogP contribution in [0.2, 0.25) is 0 Å². The molecule has 0 saturated carbocycles. The molecule has 0 aliphatic rings. The van der Waals surface area contributed by atoms with Crippen molar-refractivity contribution in [3.63, 3.8) is 0 Å². The molecule has 4 rings (SSSR count). The van der Waals surface area contributed by atoms with Crippen LogP contribution < -0.4 is 9.47 Å². The first-order valence-electron chi connectivity index (χ1n) is 10.8. The lowest BCUT2D eigenvalue weighted by Gasteiger charge is -2.19. The standard InChI is InChI=1S/C25H28N4O3S/c1-16(2)29-24(17(3)32-19-12-10-18(31-5)11-13-19)26-27-25(29)33-15-23(30)21-14-28(4)22-9-7-6-8-20(21)22/h6-14,16-17H,15H2,1-5H3. The highest BCUT2D eigenvalue weighted by atomic mass is 32.2. The predicted octanol–water partition coefficient (Wildman–Crippen LogP) is 5.47. The number of nitrogens with zero attached hydrogens (tertiary/aromatic N) is 4. The fraction of sp³-hybridized carbons (Fsp3) is 0.320. The molecule has 1 unspecified atom stereocenters. The molecule has 0 amide bonds. The van der Waals surface area contributed by atoms with Gasteiger partial charge in [0.15, 0.2) is 22.9 Å². The summed E-state index contributed by atoms with van der Waals surface area (Å²) in [6, 6.07) is 15.5. The zero-order valence-electron chi connectivity index (χ0n) is 19.5. The van der Waals surface area contributed by atoms with Crippen molar-refractivity contribution in [1.82, 2.24) is 19.3 Å². The average molecular weight is 465 g/mol. The molecule has 7 nitrogen and oxygen atoms in total. The second-order valence-electron chi connectivity index (χ2n) is 8.12. The van der Waals surface area contributed by atoms with Crippen molar-refractivity contribution in [3.05, 3.63) is 66.1 Å². The van der Waals surface area contributed by atoms with Crippen LogP contribution in [0.1, 0.15) is 49.1 Å². The van der Waals surface area contributed by atoms with Gasteiger partial charge in [-0.05, 0) is 51.1 Å². The second-order valence-corrected chi connectivity index (χ2v) is 9.07. The van der Waals surface area contributed by atoms with Gasteiger partial charge in [0, 0.05) is 35.8 Å². The first-order valence-corrected chi connectivity index (χ1v) is 11.8. The van der Waals surface area contributed by atoms with Gasteiger partial charge in [0.2, 0.25) is 0 Å². The topological polar surface area (TPSA) is 71.2 Å². The molecule has 172 valence electrons. The van der Waals surface area contributed by atoms with Gasteiger partial charge in [-0.2, -0.15) is 0 Å². The normalized spacial score (nSPS) is 12.3. The molecule has 8 heteroatoms. The number of hydrogen-bond donors (Lipinski definition) is 0. The summed E-state index contributed by atoms with van der Waals surface area (Å²) in [5.74, 6) is 2.57. The number of methoxy groups -OCH3 is 1. The first-order chi connectivity index (χ1) is 15.9. The third kappa shape index (κ3) is 4.75. The Kier molecular flexibility index (Phi) is 6.74. The Morgan fingerprint density at radius 3 is 2.42 bits per heavy atom. The molecule has 0 aliphatic carbocycles. The van der Waals surface area contributed by atoms with E-state index >= 15 is 0 Å². The summed E-state index contributed by atoms with van der Waals surface area (Å²) in [4.78, 5) is 13.0. The summed E-state index contributed by atoms with van der Waals surface area (Å²) in [5.41, 5.74) is 1.77. The van der Waals surface area contributed by atoms with E-state index in [1.807, 2.05) is 77.8 Å². The molecule has 2 aromatic carbocycles. The Balaban J connectivity index is 1.50. The molecular formula is C25H28N4O3S. The van der Waals surface area contributed by atoms with Gasteiger partial charge in [0.05, 0.1) is 12.9 Å². The first kappa shape index (κ1) is 22.9. The number of fused-ring (bicyclic) bond motifs is 1. The fourth-order valence-electron chi connectivity index (χ4n) is 3.83. The van der Waals surface area contributed by atoms with E-state index in [4.69, 9.17) is 9.47 Å². The largest absolute Gasteiger partial charge is 0.497 e. The van der Waals surface area contributed by atoms with Gasteiger partial charge in [0.25, 0.3) is 0 Å². The van der Waals surface area contributed by atoms with E-state index in [0.29, 0.717) is 5.16 Å². The minimum atomic E-state index is -0.309. The summed E-state index contributed by atoms with van der Waals surface area (Å²) in [5, 5.41) is 10.5. The van der Waals surface area contributed by atoms with Crippen LogP contribution in [0.5, 0.6) is 11.5 Å². The molecule has 0 saturated heterocycles. The highest BCUT2D eigenvalue weighted by molar-refractivity contribution is 7.99. The second kappa shape index (κ2) is 9.70. The monoisotopic (exact) mass is 464 g/mol. The van der Waals surface area contributed by atoms with Gasteiger partial charge in [-0.3, -0.25) is 4.79 Å². The molecule has 0 bridgehead atoms. The lowest BCUT2D eigenvalue weighted by atomic mass is 10.1. The van der Waals surface area contributed by atoms with Gasteiger partial charge >= 0.3 is 0 Å². The summed E-state index contributed by atoms with van der Waals surface area (Å²) in [6.07, 6.45) is 1.59. The number of carbonyl (C=O) groups is 1. The van der Waals surface area contributed by atoms with Crippen molar-refractivity contribution in [1.29, 1.82) is 0 Å².